The van der Waals surface area contributed by atoms with Crippen LogP contribution in [-0.4, -0.2) is 32.0 Å². The van der Waals surface area contributed by atoms with Crippen LogP contribution < -0.4 is 15.2 Å². The van der Waals surface area contributed by atoms with Gasteiger partial charge in [-0.2, -0.15) is 0 Å². The van der Waals surface area contributed by atoms with Gasteiger partial charge in [0.25, 0.3) is 0 Å². The number of nitrogens with one attached hydrogen (secondary N) is 1. The van der Waals surface area contributed by atoms with Crippen molar-refractivity contribution < 1.29 is 13.2 Å². The summed E-state index contributed by atoms with van der Waals surface area (Å²) in [6, 6.07) is 8.17. The molecule has 1 heterocycles. The number of hydrogen-bond donors (Lipinski definition) is 2. The van der Waals surface area contributed by atoms with Crippen molar-refractivity contribution in [2.24, 2.45) is 5.14 Å². The Morgan fingerprint density at radius 1 is 1.24 bits per heavy atom. The third kappa shape index (κ3) is 4.40. The Labute approximate surface area is 123 Å². The maximum atomic E-state index is 11.1. The summed E-state index contributed by atoms with van der Waals surface area (Å²) in [7, 11) is -2.10. The lowest BCUT2D eigenvalue weighted by Crippen LogP contribution is -2.12. The predicted octanol–water partition coefficient (Wildman–Crippen LogP) is 0.787. The molecule has 2 aromatic rings. The maximum absolute atomic E-state index is 11.1. The predicted molar refractivity (Wildman–Crippen MR) is 78.6 cm³/mol. The Morgan fingerprint density at radius 3 is 2.57 bits per heavy atom. The zero-order chi connectivity index (χ0) is 15.3. The molecule has 1 aromatic heterocycles. The number of anilines is 1. The Kier molecular flexibility index (Phi) is 4.71. The number of nitrogens with zero attached hydrogens (tertiary/aromatic N) is 2. The van der Waals surface area contributed by atoms with E-state index in [2.05, 4.69) is 15.3 Å². The van der Waals surface area contributed by atoms with Gasteiger partial charge in [-0.25, -0.2) is 23.5 Å². The van der Waals surface area contributed by atoms with Crippen molar-refractivity contribution in [1.82, 2.24) is 9.97 Å². The van der Waals surface area contributed by atoms with Crippen LogP contribution in [0.5, 0.6) is 5.88 Å². The Morgan fingerprint density at radius 2 is 1.95 bits per heavy atom. The number of ether oxygens (including phenoxy) is 1. The molecule has 0 aliphatic carbocycles. The van der Waals surface area contributed by atoms with E-state index in [9.17, 15) is 8.42 Å². The summed E-state index contributed by atoms with van der Waals surface area (Å²) in [6.07, 6.45) is 2.14. The number of hydrogen-bond acceptors (Lipinski definition) is 6. The minimum atomic E-state index is -3.64. The van der Waals surface area contributed by atoms with E-state index in [0.717, 1.165) is 12.0 Å². The molecule has 0 saturated heterocycles. The lowest BCUT2D eigenvalue weighted by molar-refractivity contribution is 0.397. The van der Waals surface area contributed by atoms with Crippen molar-refractivity contribution >= 4 is 15.8 Å². The first-order valence-electron chi connectivity index (χ1n) is 6.20. The van der Waals surface area contributed by atoms with Crippen molar-refractivity contribution in [3.05, 3.63) is 42.2 Å². The molecule has 3 N–H and O–H groups in total. The van der Waals surface area contributed by atoms with Crippen LogP contribution in [0.15, 0.2) is 41.6 Å². The molecule has 1 aromatic carbocycles. The van der Waals surface area contributed by atoms with Crippen molar-refractivity contribution in [3.63, 3.8) is 0 Å². The summed E-state index contributed by atoms with van der Waals surface area (Å²) in [5.41, 5.74) is 0.996. The lowest BCUT2D eigenvalue weighted by Gasteiger charge is -2.07. The van der Waals surface area contributed by atoms with Crippen molar-refractivity contribution in [1.29, 1.82) is 0 Å². The number of sulfonamides is 1. The van der Waals surface area contributed by atoms with E-state index in [0.29, 0.717) is 18.2 Å². The molecule has 8 heteroatoms. The molecule has 2 rings (SSSR count). The van der Waals surface area contributed by atoms with Gasteiger partial charge in [0, 0.05) is 12.6 Å². The molecule has 0 aliphatic rings. The van der Waals surface area contributed by atoms with Crippen molar-refractivity contribution in [2.75, 3.05) is 19.0 Å². The molecule has 0 amide bonds. The summed E-state index contributed by atoms with van der Waals surface area (Å²) in [5, 5.41) is 8.18. The van der Waals surface area contributed by atoms with Crippen LogP contribution in [0.1, 0.15) is 5.56 Å². The molecule has 7 nitrogen and oxygen atoms in total. The maximum Gasteiger partial charge on any atom is 0.238 e. The van der Waals surface area contributed by atoms with Gasteiger partial charge in [0.2, 0.25) is 15.9 Å². The molecule has 0 saturated carbocycles. The third-order valence-electron chi connectivity index (χ3n) is 2.82. The standard InChI is InChI=1S/C13H16N4O3S/c1-20-13-8-12(16-9-17-13)15-7-6-10-2-4-11(5-3-10)21(14,18)19/h2-5,8-9H,6-7H2,1H3,(H2,14,18,19)(H,15,16,17). The molecule has 0 fully saturated rings. The Balaban J connectivity index is 1.91. The zero-order valence-corrected chi connectivity index (χ0v) is 12.3. The van der Waals surface area contributed by atoms with E-state index in [4.69, 9.17) is 9.88 Å². The zero-order valence-electron chi connectivity index (χ0n) is 11.5. The highest BCUT2D eigenvalue weighted by molar-refractivity contribution is 7.89. The van der Waals surface area contributed by atoms with Crippen LogP contribution in [-0.2, 0) is 16.4 Å². The number of rotatable bonds is 6. The topological polar surface area (TPSA) is 107 Å². The van der Waals surface area contributed by atoms with E-state index < -0.39 is 10.0 Å². The van der Waals surface area contributed by atoms with Gasteiger partial charge in [-0.1, -0.05) is 12.1 Å². The van der Waals surface area contributed by atoms with Crippen LogP contribution in [0.25, 0.3) is 0 Å². The second kappa shape index (κ2) is 6.51. The first kappa shape index (κ1) is 15.2. The van der Waals surface area contributed by atoms with Crippen molar-refractivity contribution in [2.45, 2.75) is 11.3 Å². The molecule has 0 radical (unpaired) electrons. The normalized spacial score (nSPS) is 11.1. The van der Waals surface area contributed by atoms with Crippen LogP contribution >= 0.6 is 0 Å². The summed E-state index contributed by atoms with van der Waals surface area (Å²) in [6.45, 7) is 0.648. The lowest BCUT2D eigenvalue weighted by atomic mass is 10.1. The molecule has 0 unspecified atom stereocenters. The highest BCUT2D eigenvalue weighted by atomic mass is 32.2. The molecular weight excluding hydrogens is 292 g/mol. The Hall–Kier alpha value is -2.19. The van der Waals surface area contributed by atoms with Gasteiger partial charge in [0.15, 0.2) is 0 Å². The number of aromatic nitrogens is 2. The van der Waals surface area contributed by atoms with E-state index >= 15 is 0 Å². The molecule has 0 spiro atoms. The minimum absolute atomic E-state index is 0.111. The largest absolute Gasteiger partial charge is 0.481 e. The van der Waals surface area contributed by atoms with E-state index in [-0.39, 0.29) is 4.90 Å². The first-order valence-corrected chi connectivity index (χ1v) is 7.75. The highest BCUT2D eigenvalue weighted by Crippen LogP contribution is 2.11. The fourth-order valence-corrected chi connectivity index (χ4v) is 2.24. The number of nitrogens with two attached hydrogens (primary N) is 1. The fraction of sp³-hybridized carbons (Fsp3) is 0.231. The monoisotopic (exact) mass is 308 g/mol. The van der Waals surface area contributed by atoms with E-state index in [1.54, 1.807) is 25.3 Å². The van der Waals surface area contributed by atoms with Gasteiger partial charge in [0.1, 0.15) is 12.1 Å². The number of primary sulfonamides is 1. The second-order valence-electron chi connectivity index (χ2n) is 4.31. The molecule has 0 bridgehead atoms. The van der Waals surface area contributed by atoms with Gasteiger partial charge in [0.05, 0.1) is 12.0 Å². The minimum Gasteiger partial charge on any atom is -0.481 e. The van der Waals surface area contributed by atoms with Gasteiger partial charge in [-0.05, 0) is 24.1 Å². The SMILES string of the molecule is COc1cc(NCCc2ccc(S(N)(=O)=O)cc2)ncn1. The smallest absolute Gasteiger partial charge is 0.238 e. The van der Waals surface area contributed by atoms with Gasteiger partial charge >= 0.3 is 0 Å². The highest BCUT2D eigenvalue weighted by Gasteiger charge is 2.06. The average Bonchev–Trinajstić information content (AvgIpc) is 2.47. The Bertz CT molecular complexity index is 702. The molecule has 0 aliphatic heterocycles. The van der Waals surface area contributed by atoms with Gasteiger partial charge in [-0.3, -0.25) is 0 Å². The molecule has 112 valence electrons. The molecule has 21 heavy (non-hydrogen) atoms. The van der Waals surface area contributed by atoms with Crippen LogP contribution in [0.2, 0.25) is 0 Å². The summed E-state index contributed by atoms with van der Waals surface area (Å²) >= 11 is 0. The van der Waals surface area contributed by atoms with Gasteiger partial charge < -0.3 is 10.1 Å². The fourth-order valence-electron chi connectivity index (χ4n) is 1.73. The van der Waals surface area contributed by atoms with Crippen molar-refractivity contribution in [3.8, 4) is 5.88 Å². The summed E-state index contributed by atoms with van der Waals surface area (Å²) in [5.74, 6) is 1.16. The summed E-state index contributed by atoms with van der Waals surface area (Å²) < 4.78 is 27.3. The number of methoxy groups -OCH3 is 1. The quantitative estimate of drug-likeness (QED) is 0.817. The van der Waals surface area contributed by atoms with Gasteiger partial charge in [-0.15, -0.1) is 0 Å². The summed E-state index contributed by atoms with van der Waals surface area (Å²) in [4.78, 5) is 8.09. The second-order valence-corrected chi connectivity index (χ2v) is 5.87. The first-order chi connectivity index (χ1) is 9.99. The number of benzene rings is 1. The van der Waals surface area contributed by atoms with E-state index in [1.165, 1.54) is 18.5 Å². The van der Waals surface area contributed by atoms with Crippen LogP contribution in [0.3, 0.4) is 0 Å². The molecular formula is C13H16N4O3S. The molecule has 0 atom stereocenters. The van der Waals surface area contributed by atoms with Crippen LogP contribution in [0, 0.1) is 0 Å². The third-order valence-corrected chi connectivity index (χ3v) is 3.75. The van der Waals surface area contributed by atoms with E-state index in [1.807, 2.05) is 0 Å². The average molecular weight is 308 g/mol. The van der Waals surface area contributed by atoms with Crippen LogP contribution in [0.4, 0.5) is 5.82 Å².